The topological polar surface area (TPSA) is 22.0 Å². The highest BCUT2D eigenvalue weighted by molar-refractivity contribution is 5.82. The number of benzene rings is 3. The SMILES string of the molecule is O=c1c2cc(C#CCc3ccccc3)ccc2ccn1Cc1cccc(C(F)(F)F)c1. The van der Waals surface area contributed by atoms with E-state index in [0.717, 1.165) is 28.6 Å². The molecule has 31 heavy (non-hydrogen) atoms. The molecule has 3 aromatic carbocycles. The molecule has 0 bridgehead atoms. The molecule has 0 fully saturated rings. The molecule has 0 aliphatic carbocycles. The largest absolute Gasteiger partial charge is 0.416 e. The summed E-state index contributed by atoms with van der Waals surface area (Å²) in [6.07, 6.45) is -2.21. The lowest BCUT2D eigenvalue weighted by Crippen LogP contribution is -2.20. The first kappa shape index (κ1) is 20.5. The third-order valence-electron chi connectivity index (χ3n) is 4.95. The summed E-state index contributed by atoms with van der Waals surface area (Å²) in [4.78, 5) is 13.0. The van der Waals surface area contributed by atoms with Crippen LogP contribution < -0.4 is 5.56 Å². The van der Waals surface area contributed by atoms with Crippen molar-refractivity contribution in [2.24, 2.45) is 0 Å². The molecule has 5 heteroatoms. The Morgan fingerprint density at radius 1 is 0.839 bits per heavy atom. The summed E-state index contributed by atoms with van der Waals surface area (Å²) in [7, 11) is 0. The Bertz CT molecular complexity index is 1340. The summed E-state index contributed by atoms with van der Waals surface area (Å²) < 4.78 is 40.3. The van der Waals surface area contributed by atoms with Crippen molar-refractivity contribution < 1.29 is 13.2 Å². The van der Waals surface area contributed by atoms with Gasteiger partial charge in [-0.1, -0.05) is 60.4 Å². The minimum Gasteiger partial charge on any atom is -0.311 e. The van der Waals surface area contributed by atoms with Crippen LogP contribution in [0, 0.1) is 11.8 Å². The molecular formula is C26H18F3NO. The van der Waals surface area contributed by atoms with Gasteiger partial charge in [0.15, 0.2) is 0 Å². The zero-order valence-electron chi connectivity index (χ0n) is 16.5. The van der Waals surface area contributed by atoms with Crippen LogP contribution in [0.2, 0.25) is 0 Å². The van der Waals surface area contributed by atoms with E-state index in [9.17, 15) is 18.0 Å². The zero-order valence-corrected chi connectivity index (χ0v) is 16.5. The third-order valence-corrected chi connectivity index (χ3v) is 4.95. The fraction of sp³-hybridized carbons (Fsp3) is 0.115. The molecule has 0 N–H and O–H groups in total. The van der Waals surface area contributed by atoms with Gasteiger partial charge in [-0.3, -0.25) is 4.79 Å². The lowest BCUT2D eigenvalue weighted by molar-refractivity contribution is -0.137. The minimum atomic E-state index is -4.42. The fourth-order valence-electron chi connectivity index (χ4n) is 3.37. The van der Waals surface area contributed by atoms with Gasteiger partial charge in [-0.2, -0.15) is 13.2 Å². The van der Waals surface area contributed by atoms with Gasteiger partial charge >= 0.3 is 6.18 Å². The summed E-state index contributed by atoms with van der Waals surface area (Å²) >= 11 is 0. The van der Waals surface area contributed by atoms with Crippen molar-refractivity contribution in [1.29, 1.82) is 0 Å². The first-order valence-electron chi connectivity index (χ1n) is 9.72. The van der Waals surface area contributed by atoms with Crippen molar-refractivity contribution in [3.8, 4) is 11.8 Å². The maximum absolute atomic E-state index is 13.0. The number of aromatic nitrogens is 1. The molecule has 0 saturated heterocycles. The van der Waals surface area contributed by atoms with Crippen molar-refractivity contribution in [2.75, 3.05) is 0 Å². The maximum Gasteiger partial charge on any atom is 0.416 e. The Labute approximate surface area is 177 Å². The van der Waals surface area contributed by atoms with Crippen LogP contribution in [0.1, 0.15) is 22.3 Å². The van der Waals surface area contributed by atoms with Gasteiger partial charge in [0.2, 0.25) is 0 Å². The van der Waals surface area contributed by atoms with Crippen molar-refractivity contribution in [3.05, 3.63) is 118 Å². The highest BCUT2D eigenvalue weighted by Gasteiger charge is 2.30. The van der Waals surface area contributed by atoms with E-state index in [0.29, 0.717) is 17.4 Å². The van der Waals surface area contributed by atoms with Crippen LogP contribution in [0.3, 0.4) is 0 Å². The molecule has 0 radical (unpaired) electrons. The van der Waals surface area contributed by atoms with Crippen LogP contribution in [-0.4, -0.2) is 4.57 Å². The number of pyridine rings is 1. The second-order valence-electron chi connectivity index (χ2n) is 7.21. The normalized spacial score (nSPS) is 11.2. The van der Waals surface area contributed by atoms with Crippen LogP contribution in [0.5, 0.6) is 0 Å². The van der Waals surface area contributed by atoms with E-state index in [2.05, 4.69) is 11.8 Å². The molecule has 0 saturated carbocycles. The number of nitrogens with zero attached hydrogens (tertiary/aromatic N) is 1. The van der Waals surface area contributed by atoms with E-state index in [1.807, 2.05) is 42.5 Å². The average molecular weight is 417 g/mol. The van der Waals surface area contributed by atoms with Crippen molar-refractivity contribution >= 4 is 10.8 Å². The highest BCUT2D eigenvalue weighted by atomic mass is 19.4. The monoisotopic (exact) mass is 417 g/mol. The first-order chi connectivity index (χ1) is 14.9. The Morgan fingerprint density at radius 2 is 1.61 bits per heavy atom. The molecule has 0 atom stereocenters. The van der Waals surface area contributed by atoms with E-state index >= 15 is 0 Å². The molecule has 154 valence electrons. The molecule has 0 spiro atoms. The zero-order chi connectivity index (χ0) is 21.8. The molecule has 0 aliphatic rings. The number of alkyl halides is 3. The van der Waals surface area contributed by atoms with Gasteiger partial charge in [0.05, 0.1) is 12.1 Å². The smallest absolute Gasteiger partial charge is 0.311 e. The number of hydrogen-bond donors (Lipinski definition) is 0. The Kier molecular flexibility index (Phi) is 5.64. The molecule has 1 aromatic heterocycles. The predicted molar refractivity (Wildman–Crippen MR) is 116 cm³/mol. The molecule has 1 heterocycles. The second-order valence-corrected chi connectivity index (χ2v) is 7.21. The van der Waals surface area contributed by atoms with E-state index in [-0.39, 0.29) is 12.1 Å². The lowest BCUT2D eigenvalue weighted by atomic mass is 10.1. The molecule has 0 amide bonds. The standard InChI is InChI=1S/C26H18F3NO/c27-26(28,29)23-11-5-10-21(16-23)18-30-15-14-22-13-12-20(17-24(22)25(30)31)9-4-8-19-6-2-1-3-7-19/h1-3,5-7,10-17H,8,18H2. The number of halogens is 3. The van der Waals surface area contributed by atoms with Crippen molar-refractivity contribution in [1.82, 2.24) is 4.57 Å². The van der Waals surface area contributed by atoms with Crippen molar-refractivity contribution in [2.45, 2.75) is 19.1 Å². The van der Waals surface area contributed by atoms with Gasteiger partial charge in [0, 0.05) is 23.6 Å². The summed E-state index contributed by atoms with van der Waals surface area (Å²) in [5.74, 6) is 6.19. The van der Waals surface area contributed by atoms with Crippen LogP contribution in [0.15, 0.2) is 89.9 Å². The number of rotatable bonds is 3. The van der Waals surface area contributed by atoms with Crippen LogP contribution in [-0.2, 0) is 19.1 Å². The number of hydrogen-bond acceptors (Lipinski definition) is 1. The molecule has 0 unspecified atom stereocenters. The van der Waals surface area contributed by atoms with Gasteiger partial charge in [-0.15, -0.1) is 0 Å². The van der Waals surface area contributed by atoms with E-state index in [1.165, 1.54) is 10.6 Å². The molecule has 4 aromatic rings. The van der Waals surface area contributed by atoms with Gasteiger partial charge < -0.3 is 4.57 Å². The quantitative estimate of drug-likeness (QED) is 0.394. The summed E-state index contributed by atoms with van der Waals surface area (Å²) in [5.41, 5.74) is 1.25. The number of fused-ring (bicyclic) bond motifs is 1. The van der Waals surface area contributed by atoms with Gasteiger partial charge in [-0.05, 0) is 46.8 Å². The average Bonchev–Trinajstić information content (AvgIpc) is 2.76. The van der Waals surface area contributed by atoms with Crippen LogP contribution in [0.25, 0.3) is 10.8 Å². The lowest BCUT2D eigenvalue weighted by Gasteiger charge is -2.11. The van der Waals surface area contributed by atoms with Gasteiger partial charge in [-0.25, -0.2) is 0 Å². The maximum atomic E-state index is 13.0. The molecule has 0 aliphatic heterocycles. The predicted octanol–water partition coefficient (Wildman–Crippen LogP) is 5.66. The molecular weight excluding hydrogens is 399 g/mol. The Morgan fingerprint density at radius 3 is 2.39 bits per heavy atom. The van der Waals surface area contributed by atoms with Crippen LogP contribution >= 0.6 is 0 Å². The summed E-state index contributed by atoms with van der Waals surface area (Å²) in [5, 5.41) is 1.25. The van der Waals surface area contributed by atoms with Crippen molar-refractivity contribution in [3.63, 3.8) is 0 Å². The molecule has 2 nitrogen and oxygen atoms in total. The van der Waals surface area contributed by atoms with Crippen LogP contribution in [0.4, 0.5) is 13.2 Å². The Hall–Kier alpha value is -3.78. The minimum absolute atomic E-state index is 0.0581. The van der Waals surface area contributed by atoms with Gasteiger partial charge in [0.25, 0.3) is 5.56 Å². The summed E-state index contributed by atoms with van der Waals surface area (Å²) in [6.45, 7) is 0.0581. The first-order valence-corrected chi connectivity index (χ1v) is 9.72. The highest BCUT2D eigenvalue weighted by Crippen LogP contribution is 2.29. The van der Waals surface area contributed by atoms with E-state index < -0.39 is 11.7 Å². The third kappa shape index (κ3) is 4.87. The van der Waals surface area contributed by atoms with Gasteiger partial charge in [0.1, 0.15) is 0 Å². The Balaban J connectivity index is 1.62. The second kappa shape index (κ2) is 8.53. The van der Waals surface area contributed by atoms with E-state index in [1.54, 1.807) is 24.4 Å². The van der Waals surface area contributed by atoms with E-state index in [4.69, 9.17) is 0 Å². The summed E-state index contributed by atoms with van der Waals surface area (Å²) in [6, 6.07) is 22.1. The molecule has 4 rings (SSSR count). The fourth-order valence-corrected chi connectivity index (χ4v) is 3.37.